The molecule has 1 aromatic carbocycles. The Labute approximate surface area is 134 Å². The predicted molar refractivity (Wildman–Crippen MR) is 91.6 cm³/mol. The van der Waals surface area contributed by atoms with E-state index in [1.54, 1.807) is 11.3 Å². The Balaban J connectivity index is 2.17. The van der Waals surface area contributed by atoms with Crippen molar-refractivity contribution in [2.45, 2.75) is 13.8 Å². The minimum atomic E-state index is -0.165. The van der Waals surface area contributed by atoms with Crippen LogP contribution in [0.3, 0.4) is 0 Å². The molecule has 0 saturated carbocycles. The summed E-state index contributed by atoms with van der Waals surface area (Å²) in [6.45, 7) is 6.17. The fourth-order valence-electron chi connectivity index (χ4n) is 2.12. The van der Waals surface area contributed by atoms with Crippen LogP contribution in [-0.4, -0.2) is 37.7 Å². The molecule has 0 radical (unpaired) electrons. The number of rotatable bonds is 7. The van der Waals surface area contributed by atoms with Gasteiger partial charge in [0.1, 0.15) is 6.61 Å². The topological polar surface area (TPSA) is 54.5 Å². The van der Waals surface area contributed by atoms with Gasteiger partial charge in [-0.05, 0) is 26.0 Å². The number of nitrogens with one attached hydrogen (secondary N) is 1. The molecule has 5 nitrogen and oxygen atoms in total. The van der Waals surface area contributed by atoms with Crippen LogP contribution in [0, 0.1) is 0 Å². The molecule has 1 amide bonds. The van der Waals surface area contributed by atoms with Crippen molar-refractivity contribution < 1.29 is 9.53 Å². The zero-order chi connectivity index (χ0) is 15.9. The number of amides is 1. The second-order valence-electron chi connectivity index (χ2n) is 4.75. The molecule has 0 atom stereocenters. The van der Waals surface area contributed by atoms with Gasteiger partial charge in [-0.2, -0.15) is 0 Å². The van der Waals surface area contributed by atoms with E-state index in [1.165, 1.54) is 7.11 Å². The van der Waals surface area contributed by atoms with Crippen molar-refractivity contribution in [3.63, 3.8) is 0 Å². The van der Waals surface area contributed by atoms with Crippen molar-refractivity contribution in [2.24, 2.45) is 0 Å². The first-order valence-corrected chi connectivity index (χ1v) is 8.15. The normalized spacial score (nSPS) is 10.5. The molecule has 1 aromatic heterocycles. The molecule has 6 heteroatoms. The number of hydrogen-bond donors (Lipinski definition) is 1. The lowest BCUT2D eigenvalue weighted by Crippen LogP contribution is -2.21. The molecular formula is C16H21N3O2S. The highest BCUT2D eigenvalue weighted by Gasteiger charge is 2.10. The molecular weight excluding hydrogens is 298 g/mol. The summed E-state index contributed by atoms with van der Waals surface area (Å²) in [5, 5.41) is 5.87. The summed E-state index contributed by atoms with van der Waals surface area (Å²) in [7, 11) is 1.50. The summed E-state index contributed by atoms with van der Waals surface area (Å²) in [5.41, 5.74) is 2.66. The molecule has 1 N–H and O–H groups in total. The molecule has 0 fully saturated rings. The van der Waals surface area contributed by atoms with Crippen molar-refractivity contribution in [1.82, 2.24) is 4.98 Å². The predicted octanol–water partition coefficient (Wildman–Crippen LogP) is 3.24. The molecule has 118 valence electrons. The van der Waals surface area contributed by atoms with Gasteiger partial charge in [-0.25, -0.2) is 4.98 Å². The van der Waals surface area contributed by atoms with E-state index < -0.39 is 0 Å². The minimum absolute atomic E-state index is 0.0486. The maximum Gasteiger partial charge on any atom is 0.250 e. The molecule has 2 rings (SSSR count). The SMILES string of the molecule is CCN(CC)c1nc(-c2cccc(NC(=O)COC)c2)cs1. The largest absolute Gasteiger partial charge is 0.375 e. The number of aromatic nitrogens is 1. The van der Waals surface area contributed by atoms with Crippen LogP contribution in [0.4, 0.5) is 10.8 Å². The van der Waals surface area contributed by atoms with E-state index in [0.29, 0.717) is 0 Å². The zero-order valence-corrected chi connectivity index (χ0v) is 13.9. The Morgan fingerprint density at radius 2 is 2.14 bits per heavy atom. The van der Waals surface area contributed by atoms with E-state index >= 15 is 0 Å². The van der Waals surface area contributed by atoms with E-state index in [9.17, 15) is 4.79 Å². The number of nitrogens with zero attached hydrogens (tertiary/aromatic N) is 2. The first kappa shape index (κ1) is 16.5. The van der Waals surface area contributed by atoms with Gasteiger partial charge in [0, 0.05) is 36.8 Å². The molecule has 0 bridgehead atoms. The number of benzene rings is 1. The van der Waals surface area contributed by atoms with E-state index in [-0.39, 0.29) is 12.5 Å². The molecule has 0 unspecified atom stereocenters. The molecule has 2 aromatic rings. The number of thiazole rings is 1. The van der Waals surface area contributed by atoms with Crippen molar-refractivity contribution in [3.05, 3.63) is 29.6 Å². The average Bonchev–Trinajstić information content (AvgIpc) is 2.99. The Morgan fingerprint density at radius 1 is 1.36 bits per heavy atom. The smallest absolute Gasteiger partial charge is 0.250 e. The van der Waals surface area contributed by atoms with Crippen LogP contribution >= 0.6 is 11.3 Å². The fraction of sp³-hybridized carbons (Fsp3) is 0.375. The van der Waals surface area contributed by atoms with Crippen molar-refractivity contribution in [1.29, 1.82) is 0 Å². The van der Waals surface area contributed by atoms with E-state index in [2.05, 4.69) is 29.0 Å². The summed E-state index contributed by atoms with van der Waals surface area (Å²) in [5.74, 6) is -0.165. The van der Waals surface area contributed by atoms with Crippen molar-refractivity contribution >= 4 is 28.1 Å². The first-order valence-electron chi connectivity index (χ1n) is 7.27. The first-order chi connectivity index (χ1) is 10.7. The molecule has 0 aliphatic heterocycles. The van der Waals surface area contributed by atoms with Crippen LogP contribution < -0.4 is 10.2 Å². The third kappa shape index (κ3) is 4.05. The summed E-state index contributed by atoms with van der Waals surface area (Å²) < 4.78 is 4.82. The van der Waals surface area contributed by atoms with Gasteiger partial charge in [0.2, 0.25) is 5.91 Å². The lowest BCUT2D eigenvalue weighted by Gasteiger charge is -2.16. The Morgan fingerprint density at radius 3 is 2.82 bits per heavy atom. The summed E-state index contributed by atoms with van der Waals surface area (Å²) >= 11 is 1.64. The van der Waals surface area contributed by atoms with Gasteiger partial charge in [0.25, 0.3) is 0 Å². The maximum atomic E-state index is 11.6. The number of carbonyl (C=O) groups excluding carboxylic acids is 1. The standard InChI is InChI=1S/C16H21N3O2S/c1-4-19(5-2)16-18-14(11-22-16)12-7-6-8-13(9-12)17-15(20)10-21-3/h6-9,11H,4-5,10H2,1-3H3,(H,17,20). The molecule has 0 aliphatic carbocycles. The number of hydrogen-bond acceptors (Lipinski definition) is 5. The van der Waals surface area contributed by atoms with Crippen LogP contribution in [0.2, 0.25) is 0 Å². The fourth-order valence-corrected chi connectivity index (χ4v) is 3.08. The molecule has 0 aliphatic rings. The Bertz CT molecular complexity index is 623. The molecule has 0 saturated heterocycles. The van der Waals surface area contributed by atoms with Gasteiger partial charge >= 0.3 is 0 Å². The third-order valence-corrected chi connectivity index (χ3v) is 4.14. The van der Waals surface area contributed by atoms with Gasteiger partial charge < -0.3 is 15.0 Å². The monoisotopic (exact) mass is 319 g/mol. The maximum absolute atomic E-state index is 11.6. The molecule has 22 heavy (non-hydrogen) atoms. The van der Waals surface area contributed by atoms with Gasteiger partial charge in [0.05, 0.1) is 5.69 Å². The van der Waals surface area contributed by atoms with Gasteiger partial charge in [-0.1, -0.05) is 12.1 Å². The van der Waals surface area contributed by atoms with E-state index in [4.69, 9.17) is 4.74 Å². The third-order valence-electron chi connectivity index (χ3n) is 3.24. The second-order valence-corrected chi connectivity index (χ2v) is 5.59. The van der Waals surface area contributed by atoms with Crippen LogP contribution in [0.25, 0.3) is 11.3 Å². The lowest BCUT2D eigenvalue weighted by atomic mass is 10.1. The average molecular weight is 319 g/mol. The van der Waals surface area contributed by atoms with Crippen LogP contribution in [0.5, 0.6) is 0 Å². The summed E-state index contributed by atoms with van der Waals surface area (Å²) in [6.07, 6.45) is 0. The van der Waals surface area contributed by atoms with Crippen molar-refractivity contribution in [3.8, 4) is 11.3 Å². The quantitative estimate of drug-likeness (QED) is 0.851. The molecule has 1 heterocycles. The second kappa shape index (κ2) is 7.91. The van der Waals surface area contributed by atoms with E-state index in [1.807, 2.05) is 29.6 Å². The minimum Gasteiger partial charge on any atom is -0.375 e. The Hall–Kier alpha value is -1.92. The van der Waals surface area contributed by atoms with Crippen molar-refractivity contribution in [2.75, 3.05) is 37.0 Å². The van der Waals surface area contributed by atoms with Gasteiger partial charge in [-0.3, -0.25) is 4.79 Å². The number of ether oxygens (including phenoxy) is 1. The van der Waals surface area contributed by atoms with Gasteiger partial charge in [0.15, 0.2) is 5.13 Å². The zero-order valence-electron chi connectivity index (χ0n) is 13.1. The number of anilines is 2. The van der Waals surface area contributed by atoms with Crippen LogP contribution in [0.1, 0.15) is 13.8 Å². The highest BCUT2D eigenvalue weighted by molar-refractivity contribution is 7.14. The highest BCUT2D eigenvalue weighted by atomic mass is 32.1. The van der Waals surface area contributed by atoms with E-state index in [0.717, 1.165) is 35.2 Å². The van der Waals surface area contributed by atoms with Crippen LogP contribution in [0.15, 0.2) is 29.6 Å². The van der Waals surface area contributed by atoms with Crippen LogP contribution in [-0.2, 0) is 9.53 Å². The lowest BCUT2D eigenvalue weighted by molar-refractivity contribution is -0.119. The highest BCUT2D eigenvalue weighted by Crippen LogP contribution is 2.28. The number of methoxy groups -OCH3 is 1. The summed E-state index contributed by atoms with van der Waals surface area (Å²) in [4.78, 5) is 18.5. The number of carbonyl (C=O) groups is 1. The van der Waals surface area contributed by atoms with Gasteiger partial charge in [-0.15, -0.1) is 11.3 Å². The Kier molecular flexibility index (Phi) is 5.91. The summed E-state index contributed by atoms with van der Waals surface area (Å²) in [6, 6.07) is 7.69. The molecule has 0 spiro atoms.